The van der Waals surface area contributed by atoms with Crippen LogP contribution in [0, 0.1) is 0 Å². The Morgan fingerprint density at radius 2 is 2.40 bits per heavy atom. The maximum Gasteiger partial charge on any atom is 0.0339 e. The Balaban J connectivity index is 0.00000112. The summed E-state index contributed by atoms with van der Waals surface area (Å²) in [7, 11) is 0. The van der Waals surface area contributed by atoms with Crippen molar-refractivity contribution in [1.29, 1.82) is 0 Å². The van der Waals surface area contributed by atoms with Crippen molar-refractivity contribution < 1.29 is 0 Å². The molecule has 0 aromatic carbocycles. The summed E-state index contributed by atoms with van der Waals surface area (Å²) in [5.41, 5.74) is 5.94. The van der Waals surface area contributed by atoms with Crippen LogP contribution < -0.4 is 5.73 Å². The molecule has 5 heteroatoms. The van der Waals surface area contributed by atoms with Crippen LogP contribution in [-0.2, 0) is 6.54 Å². The third-order valence-electron chi connectivity index (χ3n) is 2.60. The van der Waals surface area contributed by atoms with Gasteiger partial charge in [-0.15, -0.1) is 23.7 Å². The van der Waals surface area contributed by atoms with Gasteiger partial charge in [-0.3, -0.25) is 4.90 Å². The number of hydrogen-bond acceptors (Lipinski definition) is 3. The predicted octanol–water partition coefficient (Wildman–Crippen LogP) is 2.86. The first-order valence-corrected chi connectivity index (χ1v) is 6.63. The van der Waals surface area contributed by atoms with Gasteiger partial charge in [-0.1, -0.05) is 0 Å². The van der Waals surface area contributed by atoms with Crippen molar-refractivity contribution in [1.82, 2.24) is 4.90 Å². The first kappa shape index (κ1) is 13.5. The summed E-state index contributed by atoms with van der Waals surface area (Å²) in [4.78, 5) is 3.86. The standard InChI is InChI=1S/C10H15BrN2S.ClH/c11-9-3-5-14-10(9)7-13-4-1-2-8(12)6-13;/h3,5,8H,1-2,4,6-7,12H2;1H/t8-;/m1./s1. The number of nitrogens with two attached hydrogens (primary N) is 1. The van der Waals surface area contributed by atoms with Crippen molar-refractivity contribution in [3.63, 3.8) is 0 Å². The van der Waals surface area contributed by atoms with Crippen LogP contribution >= 0.6 is 39.7 Å². The van der Waals surface area contributed by atoms with Crippen molar-refractivity contribution >= 4 is 39.7 Å². The Hall–Kier alpha value is 0.390. The number of hydrogen-bond donors (Lipinski definition) is 1. The topological polar surface area (TPSA) is 29.3 Å². The molecule has 1 atom stereocenters. The summed E-state index contributed by atoms with van der Waals surface area (Å²) in [6.45, 7) is 3.29. The molecule has 1 aromatic heterocycles. The van der Waals surface area contributed by atoms with E-state index < -0.39 is 0 Å². The molecule has 1 aliphatic heterocycles. The van der Waals surface area contributed by atoms with Crippen LogP contribution in [0.4, 0.5) is 0 Å². The predicted molar refractivity (Wildman–Crippen MR) is 71.8 cm³/mol. The number of piperidine rings is 1. The highest BCUT2D eigenvalue weighted by molar-refractivity contribution is 9.10. The molecule has 0 unspecified atom stereocenters. The third kappa shape index (κ3) is 3.71. The van der Waals surface area contributed by atoms with Crippen molar-refractivity contribution in [2.45, 2.75) is 25.4 Å². The number of thiophene rings is 1. The second-order valence-corrected chi connectivity index (χ2v) is 5.68. The molecule has 86 valence electrons. The van der Waals surface area contributed by atoms with E-state index in [-0.39, 0.29) is 12.4 Å². The zero-order valence-corrected chi connectivity index (χ0v) is 11.7. The Morgan fingerprint density at radius 3 is 3.00 bits per heavy atom. The molecule has 1 aromatic rings. The fourth-order valence-corrected chi connectivity index (χ4v) is 3.39. The van der Waals surface area contributed by atoms with Crippen molar-refractivity contribution in [2.24, 2.45) is 5.73 Å². The average Bonchev–Trinajstić information content (AvgIpc) is 2.52. The Kier molecular flexibility index (Phi) is 5.57. The van der Waals surface area contributed by atoms with E-state index >= 15 is 0 Å². The van der Waals surface area contributed by atoms with E-state index in [0.717, 1.165) is 13.1 Å². The largest absolute Gasteiger partial charge is 0.327 e. The highest BCUT2D eigenvalue weighted by atomic mass is 79.9. The molecule has 0 bridgehead atoms. The lowest BCUT2D eigenvalue weighted by Crippen LogP contribution is -2.42. The zero-order valence-electron chi connectivity index (χ0n) is 8.49. The summed E-state index contributed by atoms with van der Waals surface area (Å²) in [6.07, 6.45) is 2.42. The number of likely N-dealkylation sites (tertiary alicyclic amines) is 1. The lowest BCUT2D eigenvalue weighted by Gasteiger charge is -2.30. The second kappa shape index (κ2) is 6.21. The molecule has 2 nitrogen and oxygen atoms in total. The van der Waals surface area contributed by atoms with E-state index in [1.807, 2.05) is 11.3 Å². The van der Waals surface area contributed by atoms with Crippen LogP contribution in [0.3, 0.4) is 0 Å². The van der Waals surface area contributed by atoms with Gasteiger partial charge in [0.25, 0.3) is 0 Å². The van der Waals surface area contributed by atoms with Crippen molar-refractivity contribution in [3.05, 3.63) is 20.8 Å². The van der Waals surface area contributed by atoms with Crippen LogP contribution in [0.5, 0.6) is 0 Å². The van der Waals surface area contributed by atoms with Gasteiger partial charge in [0.05, 0.1) is 0 Å². The minimum absolute atomic E-state index is 0. The monoisotopic (exact) mass is 310 g/mol. The van der Waals surface area contributed by atoms with Gasteiger partial charge in [0.15, 0.2) is 0 Å². The van der Waals surface area contributed by atoms with Crippen LogP contribution in [0.2, 0.25) is 0 Å². The van der Waals surface area contributed by atoms with Crippen LogP contribution in [0.15, 0.2) is 15.9 Å². The van der Waals surface area contributed by atoms with Gasteiger partial charge in [0.2, 0.25) is 0 Å². The average molecular weight is 312 g/mol. The molecular weight excluding hydrogens is 296 g/mol. The summed E-state index contributed by atoms with van der Waals surface area (Å²) in [6, 6.07) is 2.49. The Bertz CT molecular complexity index is 305. The van der Waals surface area contributed by atoms with E-state index in [0.29, 0.717) is 6.04 Å². The van der Waals surface area contributed by atoms with Crippen LogP contribution in [-0.4, -0.2) is 24.0 Å². The molecule has 0 radical (unpaired) electrons. The van der Waals surface area contributed by atoms with Gasteiger partial charge in [-0.2, -0.15) is 0 Å². The number of rotatable bonds is 2. The first-order valence-electron chi connectivity index (χ1n) is 4.95. The maximum absolute atomic E-state index is 5.94. The molecule has 0 saturated carbocycles. The molecule has 2 N–H and O–H groups in total. The van der Waals surface area contributed by atoms with Gasteiger partial charge >= 0.3 is 0 Å². The van der Waals surface area contributed by atoms with E-state index in [1.165, 1.54) is 28.7 Å². The molecule has 0 spiro atoms. The highest BCUT2D eigenvalue weighted by Crippen LogP contribution is 2.25. The van der Waals surface area contributed by atoms with Crippen molar-refractivity contribution in [3.8, 4) is 0 Å². The third-order valence-corrected chi connectivity index (χ3v) is 4.51. The summed E-state index contributed by atoms with van der Waals surface area (Å²) in [5, 5.41) is 2.13. The maximum atomic E-state index is 5.94. The minimum Gasteiger partial charge on any atom is -0.327 e. The van der Waals surface area contributed by atoms with E-state index in [1.54, 1.807) is 0 Å². The van der Waals surface area contributed by atoms with Crippen LogP contribution in [0.1, 0.15) is 17.7 Å². The first-order chi connectivity index (χ1) is 6.75. The number of nitrogens with zero attached hydrogens (tertiary/aromatic N) is 1. The highest BCUT2D eigenvalue weighted by Gasteiger charge is 2.17. The molecule has 1 saturated heterocycles. The van der Waals surface area contributed by atoms with Gasteiger partial charge in [0, 0.05) is 28.5 Å². The molecule has 2 rings (SSSR count). The van der Waals surface area contributed by atoms with Gasteiger partial charge in [-0.25, -0.2) is 0 Å². The van der Waals surface area contributed by atoms with E-state index in [2.05, 4.69) is 32.3 Å². The lowest BCUT2D eigenvalue weighted by molar-refractivity contribution is 0.203. The van der Waals surface area contributed by atoms with Crippen molar-refractivity contribution in [2.75, 3.05) is 13.1 Å². The molecule has 0 aliphatic carbocycles. The molecule has 1 fully saturated rings. The van der Waals surface area contributed by atoms with Crippen LogP contribution in [0.25, 0.3) is 0 Å². The fourth-order valence-electron chi connectivity index (χ4n) is 1.88. The van der Waals surface area contributed by atoms with Gasteiger partial charge < -0.3 is 5.73 Å². The Morgan fingerprint density at radius 1 is 1.60 bits per heavy atom. The normalized spacial score (nSPS) is 22.4. The summed E-state index contributed by atoms with van der Waals surface area (Å²) < 4.78 is 1.24. The molecule has 1 aliphatic rings. The molecule has 2 heterocycles. The van der Waals surface area contributed by atoms with E-state index in [9.17, 15) is 0 Å². The lowest BCUT2D eigenvalue weighted by atomic mass is 10.1. The SMILES string of the molecule is Cl.N[C@@H]1CCCN(Cc2sccc2Br)C1. The summed E-state index contributed by atoms with van der Waals surface area (Å²) in [5.74, 6) is 0. The smallest absolute Gasteiger partial charge is 0.0339 e. The Labute approximate surface area is 109 Å². The molecule has 0 amide bonds. The second-order valence-electron chi connectivity index (χ2n) is 3.83. The molecular formula is C10H16BrClN2S. The van der Waals surface area contributed by atoms with Gasteiger partial charge in [0.1, 0.15) is 0 Å². The fraction of sp³-hybridized carbons (Fsp3) is 0.600. The van der Waals surface area contributed by atoms with Gasteiger partial charge in [-0.05, 0) is 46.8 Å². The summed E-state index contributed by atoms with van der Waals surface area (Å²) >= 11 is 5.38. The quantitative estimate of drug-likeness (QED) is 0.910. The number of halogens is 2. The van der Waals surface area contributed by atoms with E-state index in [4.69, 9.17) is 5.73 Å². The molecule has 15 heavy (non-hydrogen) atoms. The minimum atomic E-state index is 0. The zero-order chi connectivity index (χ0) is 9.97.